The topological polar surface area (TPSA) is 107 Å². The van der Waals surface area contributed by atoms with E-state index in [1.165, 1.54) is 12.1 Å². The summed E-state index contributed by atoms with van der Waals surface area (Å²) in [4.78, 5) is 21.9. The van der Waals surface area contributed by atoms with Crippen molar-refractivity contribution in [3.05, 3.63) is 32.8 Å². The van der Waals surface area contributed by atoms with Gasteiger partial charge in [-0.15, -0.1) is 0 Å². The van der Waals surface area contributed by atoms with Gasteiger partial charge in [0.2, 0.25) is 5.91 Å². The van der Waals surface area contributed by atoms with E-state index in [1.807, 2.05) is 6.92 Å². The summed E-state index contributed by atoms with van der Waals surface area (Å²) in [7, 11) is 0. The molecular formula is C12H16BrN3O4. The first-order valence-corrected chi connectivity index (χ1v) is 6.71. The van der Waals surface area contributed by atoms with Gasteiger partial charge in [-0.1, -0.05) is 22.9 Å². The van der Waals surface area contributed by atoms with Crippen LogP contribution in [0.4, 0.5) is 5.69 Å². The van der Waals surface area contributed by atoms with E-state index in [2.05, 4.69) is 21.2 Å². The Bertz CT molecular complexity index is 523. The second kappa shape index (κ2) is 6.67. The number of nitro benzene ring substituents is 1. The van der Waals surface area contributed by atoms with Crippen LogP contribution in [0.2, 0.25) is 0 Å². The Morgan fingerprint density at radius 3 is 2.75 bits per heavy atom. The number of hydrogen-bond acceptors (Lipinski definition) is 5. The summed E-state index contributed by atoms with van der Waals surface area (Å²) in [6, 6.07) is 4.43. The summed E-state index contributed by atoms with van der Waals surface area (Å²) in [5, 5.41) is 13.9. The predicted molar refractivity (Wildman–Crippen MR) is 77.6 cm³/mol. The van der Waals surface area contributed by atoms with Gasteiger partial charge in [-0.05, 0) is 25.6 Å². The Morgan fingerprint density at radius 1 is 1.60 bits per heavy atom. The number of nitro groups is 1. The first kappa shape index (κ1) is 16.4. The predicted octanol–water partition coefficient (Wildman–Crippen LogP) is 1.59. The van der Waals surface area contributed by atoms with E-state index in [0.29, 0.717) is 11.0 Å². The molecule has 0 aromatic heterocycles. The van der Waals surface area contributed by atoms with Crippen molar-refractivity contribution in [3.63, 3.8) is 0 Å². The second-order valence-electron chi connectivity index (χ2n) is 4.38. The summed E-state index contributed by atoms with van der Waals surface area (Å²) >= 11 is 3.16. The summed E-state index contributed by atoms with van der Waals surface area (Å²) < 4.78 is 5.98. The number of amides is 1. The maximum atomic E-state index is 11.4. The highest BCUT2D eigenvalue weighted by Gasteiger charge is 2.32. The molecule has 0 aliphatic carbocycles. The van der Waals surface area contributed by atoms with Crippen LogP contribution in [0.15, 0.2) is 22.7 Å². The van der Waals surface area contributed by atoms with Crippen LogP contribution in [-0.2, 0) is 4.79 Å². The molecule has 0 spiro atoms. The van der Waals surface area contributed by atoms with Crippen LogP contribution in [0.25, 0.3) is 0 Å². The van der Waals surface area contributed by atoms with Crippen LogP contribution in [0.1, 0.15) is 13.8 Å². The number of hydrogen-bond donors (Lipinski definition) is 2. The van der Waals surface area contributed by atoms with Gasteiger partial charge in [0.25, 0.3) is 0 Å². The number of carbonyl (C=O) groups excluding carboxylic acids is 1. The lowest BCUT2D eigenvalue weighted by molar-refractivity contribution is -0.386. The number of nitrogens with zero attached hydrogens (tertiary/aromatic N) is 1. The van der Waals surface area contributed by atoms with Crippen molar-refractivity contribution < 1.29 is 14.5 Å². The Labute approximate surface area is 124 Å². The molecule has 20 heavy (non-hydrogen) atoms. The van der Waals surface area contributed by atoms with Gasteiger partial charge in [-0.25, -0.2) is 0 Å². The van der Waals surface area contributed by atoms with Gasteiger partial charge < -0.3 is 15.8 Å². The van der Waals surface area contributed by atoms with Gasteiger partial charge in [0.1, 0.15) is 12.1 Å². The van der Waals surface area contributed by atoms with E-state index in [1.54, 1.807) is 13.0 Å². The molecule has 0 aliphatic rings. The number of rotatable bonds is 7. The molecule has 0 bridgehead atoms. The molecule has 7 nitrogen and oxygen atoms in total. The quantitative estimate of drug-likeness (QED) is 0.576. The van der Waals surface area contributed by atoms with Crippen LogP contribution >= 0.6 is 15.9 Å². The fraction of sp³-hybridized carbons (Fsp3) is 0.417. The number of nitrogens with one attached hydrogen (secondary N) is 1. The van der Waals surface area contributed by atoms with Gasteiger partial charge in [0.15, 0.2) is 5.75 Å². The first-order valence-electron chi connectivity index (χ1n) is 5.92. The third-order valence-electron chi connectivity index (χ3n) is 2.74. The van der Waals surface area contributed by atoms with Crippen molar-refractivity contribution in [1.82, 2.24) is 5.32 Å². The SMILES string of the molecule is CCNC(C)(COc1ccc(Br)cc1[N+](=O)[O-])C(N)=O. The minimum atomic E-state index is -1.09. The molecular weight excluding hydrogens is 330 g/mol. The largest absolute Gasteiger partial charge is 0.484 e. The minimum Gasteiger partial charge on any atom is -0.484 e. The van der Waals surface area contributed by atoms with Gasteiger partial charge in [0.05, 0.1) is 4.92 Å². The van der Waals surface area contributed by atoms with E-state index in [0.717, 1.165) is 0 Å². The van der Waals surface area contributed by atoms with Crippen molar-refractivity contribution in [1.29, 1.82) is 0 Å². The van der Waals surface area contributed by atoms with E-state index in [4.69, 9.17) is 10.5 Å². The lowest BCUT2D eigenvalue weighted by Gasteiger charge is -2.26. The molecule has 110 valence electrons. The Hall–Kier alpha value is -1.67. The molecule has 0 aliphatic heterocycles. The van der Waals surface area contributed by atoms with E-state index in [-0.39, 0.29) is 18.0 Å². The second-order valence-corrected chi connectivity index (χ2v) is 5.30. The maximum Gasteiger partial charge on any atom is 0.312 e. The fourth-order valence-electron chi connectivity index (χ4n) is 1.58. The van der Waals surface area contributed by atoms with Crippen LogP contribution in [0.3, 0.4) is 0 Å². The average Bonchev–Trinajstić information content (AvgIpc) is 2.37. The third kappa shape index (κ3) is 3.91. The first-order chi connectivity index (χ1) is 9.30. The fourth-order valence-corrected chi connectivity index (χ4v) is 1.93. The van der Waals surface area contributed by atoms with E-state index < -0.39 is 16.4 Å². The lowest BCUT2D eigenvalue weighted by Crippen LogP contribution is -2.57. The average molecular weight is 346 g/mol. The number of primary amides is 1. The zero-order valence-corrected chi connectivity index (χ0v) is 12.8. The lowest BCUT2D eigenvalue weighted by atomic mass is 10.0. The Balaban J connectivity index is 2.94. The maximum absolute atomic E-state index is 11.4. The summed E-state index contributed by atoms with van der Waals surface area (Å²) in [5.74, 6) is -0.498. The minimum absolute atomic E-state index is 0.0866. The smallest absolute Gasteiger partial charge is 0.312 e. The van der Waals surface area contributed by atoms with Gasteiger partial charge in [-0.3, -0.25) is 14.9 Å². The third-order valence-corrected chi connectivity index (χ3v) is 3.24. The van der Waals surface area contributed by atoms with Gasteiger partial charge in [-0.2, -0.15) is 0 Å². The highest BCUT2D eigenvalue weighted by atomic mass is 79.9. The summed E-state index contributed by atoms with van der Waals surface area (Å²) in [5.41, 5.74) is 4.05. The Kier molecular flexibility index (Phi) is 5.46. The Morgan fingerprint density at radius 2 is 2.25 bits per heavy atom. The standard InChI is InChI=1S/C12H16BrN3O4/c1-3-15-12(2,11(14)17)7-20-10-5-4-8(13)6-9(10)16(18)19/h4-6,15H,3,7H2,1-2H3,(H2,14,17). The van der Waals surface area contributed by atoms with Crippen molar-refractivity contribution in [2.75, 3.05) is 13.2 Å². The van der Waals surface area contributed by atoms with Crippen molar-refractivity contribution >= 4 is 27.5 Å². The normalized spacial score (nSPS) is 13.6. The number of ether oxygens (including phenoxy) is 1. The molecule has 1 atom stereocenters. The number of benzene rings is 1. The van der Waals surface area contributed by atoms with E-state index >= 15 is 0 Å². The highest BCUT2D eigenvalue weighted by molar-refractivity contribution is 9.10. The van der Waals surface area contributed by atoms with Crippen molar-refractivity contribution in [3.8, 4) is 5.75 Å². The molecule has 1 aromatic rings. The molecule has 1 unspecified atom stereocenters. The summed E-state index contributed by atoms with van der Waals surface area (Å²) in [6.07, 6.45) is 0. The van der Waals surface area contributed by atoms with Gasteiger partial charge in [0, 0.05) is 10.5 Å². The molecule has 8 heteroatoms. The van der Waals surface area contributed by atoms with Crippen LogP contribution in [0.5, 0.6) is 5.75 Å². The highest BCUT2D eigenvalue weighted by Crippen LogP contribution is 2.30. The molecule has 1 aromatic carbocycles. The van der Waals surface area contributed by atoms with E-state index in [9.17, 15) is 14.9 Å². The molecule has 1 rings (SSSR count). The zero-order chi connectivity index (χ0) is 15.3. The number of likely N-dealkylation sites (N-methyl/N-ethyl adjacent to an activating group) is 1. The molecule has 3 N–H and O–H groups in total. The van der Waals surface area contributed by atoms with Gasteiger partial charge >= 0.3 is 5.69 Å². The molecule has 0 saturated heterocycles. The van der Waals surface area contributed by atoms with Crippen LogP contribution in [-0.4, -0.2) is 29.5 Å². The molecule has 0 saturated carbocycles. The monoisotopic (exact) mass is 345 g/mol. The molecule has 1 amide bonds. The summed E-state index contributed by atoms with van der Waals surface area (Å²) in [6.45, 7) is 3.83. The number of carbonyl (C=O) groups is 1. The molecule has 0 radical (unpaired) electrons. The number of nitrogens with two attached hydrogens (primary N) is 1. The molecule has 0 heterocycles. The number of halogens is 1. The van der Waals surface area contributed by atoms with Crippen molar-refractivity contribution in [2.45, 2.75) is 19.4 Å². The van der Waals surface area contributed by atoms with Crippen molar-refractivity contribution in [2.24, 2.45) is 5.73 Å². The van der Waals surface area contributed by atoms with Crippen LogP contribution < -0.4 is 15.8 Å². The van der Waals surface area contributed by atoms with Crippen LogP contribution in [0, 0.1) is 10.1 Å². The molecule has 0 fully saturated rings. The zero-order valence-electron chi connectivity index (χ0n) is 11.2.